The largest absolute Gasteiger partial charge is 0.457 e. The van der Waals surface area contributed by atoms with Gasteiger partial charge < -0.3 is 15.2 Å². The van der Waals surface area contributed by atoms with Crippen molar-refractivity contribution in [2.45, 2.75) is 26.5 Å². The van der Waals surface area contributed by atoms with Crippen LogP contribution in [0.3, 0.4) is 0 Å². The average Bonchev–Trinajstić information content (AvgIpc) is 2.50. The van der Waals surface area contributed by atoms with Crippen LogP contribution < -0.4 is 10.1 Å². The van der Waals surface area contributed by atoms with Crippen LogP contribution in [0.25, 0.3) is 0 Å². The van der Waals surface area contributed by atoms with Gasteiger partial charge in [-0.25, -0.2) is 0 Å². The molecule has 2 aromatic carbocycles. The van der Waals surface area contributed by atoms with Crippen molar-refractivity contribution < 1.29 is 9.84 Å². The number of aliphatic hydroxyl groups excluding tert-OH is 1. The van der Waals surface area contributed by atoms with Crippen molar-refractivity contribution in [1.29, 1.82) is 0 Å². The monoisotopic (exact) mass is 271 g/mol. The molecule has 2 rings (SSSR count). The van der Waals surface area contributed by atoms with Crippen molar-refractivity contribution in [1.82, 2.24) is 5.32 Å². The molecule has 20 heavy (non-hydrogen) atoms. The van der Waals surface area contributed by atoms with E-state index in [9.17, 15) is 0 Å². The summed E-state index contributed by atoms with van der Waals surface area (Å²) in [4.78, 5) is 0. The lowest BCUT2D eigenvalue weighted by Crippen LogP contribution is -2.14. The maximum atomic E-state index is 9.03. The predicted octanol–water partition coefficient (Wildman–Crippen LogP) is 3.47. The van der Waals surface area contributed by atoms with E-state index in [4.69, 9.17) is 9.84 Å². The Bertz CT molecular complexity index is 523. The van der Waals surface area contributed by atoms with Gasteiger partial charge in [0.05, 0.1) is 6.61 Å². The first-order chi connectivity index (χ1) is 9.83. The van der Waals surface area contributed by atoms with E-state index >= 15 is 0 Å². The first-order valence-electron chi connectivity index (χ1n) is 6.99. The van der Waals surface area contributed by atoms with Gasteiger partial charge in [-0.2, -0.15) is 0 Å². The van der Waals surface area contributed by atoms with Gasteiger partial charge in [0.25, 0.3) is 0 Å². The summed E-state index contributed by atoms with van der Waals surface area (Å²) in [5.41, 5.74) is 2.03. The van der Waals surface area contributed by atoms with Crippen molar-refractivity contribution in [3.05, 3.63) is 59.7 Å². The van der Waals surface area contributed by atoms with E-state index < -0.39 is 0 Å². The van der Waals surface area contributed by atoms with E-state index in [-0.39, 0.29) is 6.61 Å². The van der Waals surface area contributed by atoms with Crippen LogP contribution in [0.2, 0.25) is 0 Å². The Morgan fingerprint density at radius 1 is 1.05 bits per heavy atom. The zero-order valence-corrected chi connectivity index (χ0v) is 11.8. The van der Waals surface area contributed by atoms with Crippen molar-refractivity contribution in [3.63, 3.8) is 0 Å². The normalized spacial score (nSPS) is 10.5. The van der Waals surface area contributed by atoms with E-state index in [0.717, 1.165) is 42.1 Å². The number of benzene rings is 2. The second-order valence-electron chi connectivity index (χ2n) is 4.69. The number of hydrogen-bond acceptors (Lipinski definition) is 3. The molecule has 3 heteroatoms. The number of aliphatic hydroxyl groups is 1. The molecule has 3 nitrogen and oxygen atoms in total. The molecule has 0 heterocycles. The molecule has 0 atom stereocenters. The SMILES string of the molecule is CCCNCc1ccccc1Oc1ccc(CO)cc1. The zero-order chi connectivity index (χ0) is 14.2. The maximum Gasteiger partial charge on any atom is 0.131 e. The fourth-order valence-corrected chi connectivity index (χ4v) is 1.94. The molecule has 0 aromatic heterocycles. The van der Waals surface area contributed by atoms with E-state index in [0.29, 0.717) is 0 Å². The highest BCUT2D eigenvalue weighted by molar-refractivity contribution is 5.38. The van der Waals surface area contributed by atoms with Crippen LogP contribution in [0, 0.1) is 0 Å². The van der Waals surface area contributed by atoms with Crippen molar-refractivity contribution in [2.24, 2.45) is 0 Å². The van der Waals surface area contributed by atoms with Gasteiger partial charge in [-0.15, -0.1) is 0 Å². The lowest BCUT2D eigenvalue weighted by Gasteiger charge is -2.12. The molecule has 0 bridgehead atoms. The first kappa shape index (κ1) is 14.6. The third kappa shape index (κ3) is 4.08. The third-order valence-electron chi connectivity index (χ3n) is 3.05. The van der Waals surface area contributed by atoms with E-state index in [1.807, 2.05) is 42.5 Å². The molecule has 106 valence electrons. The molecule has 2 aromatic rings. The second kappa shape index (κ2) is 7.68. The molecule has 0 fully saturated rings. The summed E-state index contributed by atoms with van der Waals surface area (Å²) in [6.45, 7) is 4.01. The molecule has 0 aliphatic heterocycles. The Kier molecular flexibility index (Phi) is 5.59. The molecular weight excluding hydrogens is 250 g/mol. The number of rotatable bonds is 7. The Hall–Kier alpha value is -1.84. The highest BCUT2D eigenvalue weighted by Crippen LogP contribution is 2.25. The predicted molar refractivity (Wildman–Crippen MR) is 80.9 cm³/mol. The third-order valence-corrected chi connectivity index (χ3v) is 3.05. The van der Waals surface area contributed by atoms with Gasteiger partial charge in [-0.3, -0.25) is 0 Å². The molecule has 2 N–H and O–H groups in total. The maximum absolute atomic E-state index is 9.03. The lowest BCUT2D eigenvalue weighted by molar-refractivity contribution is 0.281. The molecule has 0 saturated heterocycles. The summed E-state index contributed by atoms with van der Waals surface area (Å²) in [5, 5.41) is 12.4. The summed E-state index contributed by atoms with van der Waals surface area (Å²) >= 11 is 0. The highest BCUT2D eigenvalue weighted by atomic mass is 16.5. The van der Waals surface area contributed by atoms with Crippen LogP contribution in [0.5, 0.6) is 11.5 Å². The second-order valence-corrected chi connectivity index (χ2v) is 4.69. The quantitative estimate of drug-likeness (QED) is 0.758. The molecule has 0 aliphatic rings. The van der Waals surface area contributed by atoms with Crippen LogP contribution in [-0.4, -0.2) is 11.7 Å². The average molecular weight is 271 g/mol. The Morgan fingerprint density at radius 3 is 2.50 bits per heavy atom. The first-order valence-corrected chi connectivity index (χ1v) is 6.99. The molecule has 0 saturated carbocycles. The van der Waals surface area contributed by atoms with Crippen LogP contribution in [0.1, 0.15) is 24.5 Å². The molecule has 0 aliphatic carbocycles. The van der Waals surface area contributed by atoms with Gasteiger partial charge in [0, 0.05) is 12.1 Å². The summed E-state index contributed by atoms with van der Waals surface area (Å²) < 4.78 is 5.92. The number of hydrogen-bond donors (Lipinski definition) is 2. The highest BCUT2D eigenvalue weighted by Gasteiger charge is 2.04. The van der Waals surface area contributed by atoms with Gasteiger partial charge in [0.2, 0.25) is 0 Å². The Morgan fingerprint density at radius 2 is 1.80 bits per heavy atom. The standard InChI is InChI=1S/C17H21NO2/c1-2-11-18-12-15-5-3-4-6-17(15)20-16-9-7-14(13-19)8-10-16/h3-10,18-19H,2,11-13H2,1H3. The topological polar surface area (TPSA) is 41.5 Å². The number of ether oxygens (including phenoxy) is 1. The van der Waals surface area contributed by atoms with E-state index in [1.54, 1.807) is 0 Å². The van der Waals surface area contributed by atoms with E-state index in [2.05, 4.69) is 18.3 Å². The summed E-state index contributed by atoms with van der Waals surface area (Å²) in [7, 11) is 0. The smallest absolute Gasteiger partial charge is 0.131 e. The van der Waals surface area contributed by atoms with Crippen LogP contribution >= 0.6 is 0 Å². The van der Waals surface area contributed by atoms with Crippen molar-refractivity contribution in [2.75, 3.05) is 6.54 Å². The summed E-state index contributed by atoms with van der Waals surface area (Å²) in [6, 6.07) is 15.5. The lowest BCUT2D eigenvalue weighted by atomic mass is 10.2. The Balaban J connectivity index is 2.07. The molecule has 0 spiro atoms. The van der Waals surface area contributed by atoms with Gasteiger partial charge in [-0.1, -0.05) is 37.3 Å². The molecule has 0 unspecified atom stereocenters. The minimum atomic E-state index is 0.0534. The summed E-state index contributed by atoms with van der Waals surface area (Å²) in [6.07, 6.45) is 1.12. The molecular formula is C17H21NO2. The van der Waals surface area contributed by atoms with Gasteiger partial charge in [0.15, 0.2) is 0 Å². The molecule has 0 radical (unpaired) electrons. The summed E-state index contributed by atoms with van der Waals surface area (Å²) in [5.74, 6) is 1.65. The van der Waals surface area contributed by atoms with E-state index in [1.165, 1.54) is 0 Å². The molecule has 0 amide bonds. The van der Waals surface area contributed by atoms with Gasteiger partial charge >= 0.3 is 0 Å². The fraction of sp³-hybridized carbons (Fsp3) is 0.294. The number of nitrogens with one attached hydrogen (secondary N) is 1. The minimum absolute atomic E-state index is 0.0534. The van der Waals surface area contributed by atoms with Crippen LogP contribution in [0.4, 0.5) is 0 Å². The van der Waals surface area contributed by atoms with Crippen molar-refractivity contribution >= 4 is 0 Å². The van der Waals surface area contributed by atoms with Gasteiger partial charge in [-0.05, 0) is 36.7 Å². The fourth-order valence-electron chi connectivity index (χ4n) is 1.94. The van der Waals surface area contributed by atoms with Crippen LogP contribution in [-0.2, 0) is 13.2 Å². The van der Waals surface area contributed by atoms with Gasteiger partial charge in [0.1, 0.15) is 11.5 Å². The minimum Gasteiger partial charge on any atom is -0.457 e. The zero-order valence-electron chi connectivity index (χ0n) is 11.8. The van der Waals surface area contributed by atoms with Crippen molar-refractivity contribution in [3.8, 4) is 11.5 Å². The van der Waals surface area contributed by atoms with Crippen LogP contribution in [0.15, 0.2) is 48.5 Å². The Labute approximate surface area is 120 Å². The number of para-hydroxylation sites is 1.